The molecular formula is C13H14N2O2S. The molecule has 5 heteroatoms. The molecule has 94 valence electrons. The predicted molar refractivity (Wildman–Crippen MR) is 70.9 cm³/mol. The van der Waals surface area contributed by atoms with Gasteiger partial charge in [0.05, 0.1) is 12.1 Å². The lowest BCUT2D eigenvalue weighted by Gasteiger charge is -2.06. The highest BCUT2D eigenvalue weighted by atomic mass is 32.1. The molecule has 0 aliphatic carbocycles. The van der Waals surface area contributed by atoms with Crippen LogP contribution in [-0.4, -0.2) is 16.0 Å². The van der Waals surface area contributed by atoms with Gasteiger partial charge in [-0.3, -0.25) is 4.79 Å². The summed E-state index contributed by atoms with van der Waals surface area (Å²) in [6, 6.07) is 4.98. The predicted octanol–water partition coefficient (Wildman–Crippen LogP) is 2.40. The summed E-state index contributed by atoms with van der Waals surface area (Å²) in [5.41, 5.74) is 2.15. The van der Waals surface area contributed by atoms with Crippen molar-refractivity contribution in [1.29, 1.82) is 0 Å². The monoisotopic (exact) mass is 262 g/mol. The quantitative estimate of drug-likeness (QED) is 0.892. The first-order chi connectivity index (χ1) is 8.56. The maximum atomic E-state index is 11.9. The Hall–Kier alpha value is -1.88. The van der Waals surface area contributed by atoms with Gasteiger partial charge in [-0.1, -0.05) is 6.07 Å². The summed E-state index contributed by atoms with van der Waals surface area (Å²) < 4.78 is 0. The summed E-state index contributed by atoms with van der Waals surface area (Å²) in [5, 5.41) is 15.2. The van der Waals surface area contributed by atoms with Crippen molar-refractivity contribution in [3.8, 4) is 5.75 Å². The number of hydrogen-bond donors (Lipinski definition) is 2. The zero-order valence-corrected chi connectivity index (χ0v) is 11.0. The Kier molecular flexibility index (Phi) is 3.62. The molecule has 2 rings (SSSR count). The molecule has 0 bridgehead atoms. The van der Waals surface area contributed by atoms with Crippen LogP contribution in [0.25, 0.3) is 0 Å². The number of benzene rings is 1. The van der Waals surface area contributed by atoms with Gasteiger partial charge in [0, 0.05) is 11.1 Å². The lowest BCUT2D eigenvalue weighted by Crippen LogP contribution is -2.22. The minimum absolute atomic E-state index is 0.00261. The largest absolute Gasteiger partial charge is 0.507 e. The average Bonchev–Trinajstić information content (AvgIpc) is 2.72. The lowest BCUT2D eigenvalue weighted by molar-refractivity contribution is 0.0948. The van der Waals surface area contributed by atoms with E-state index < -0.39 is 0 Å². The van der Waals surface area contributed by atoms with Crippen molar-refractivity contribution in [3.05, 3.63) is 45.4 Å². The zero-order valence-electron chi connectivity index (χ0n) is 10.2. The van der Waals surface area contributed by atoms with Gasteiger partial charge in [-0.05, 0) is 31.5 Å². The molecule has 4 nitrogen and oxygen atoms in total. The third kappa shape index (κ3) is 2.87. The number of thiazole rings is 1. The number of phenolic OH excluding ortho intramolecular Hbond substituents is 1. The van der Waals surface area contributed by atoms with Crippen molar-refractivity contribution >= 4 is 17.2 Å². The summed E-state index contributed by atoms with van der Waals surface area (Å²) in [7, 11) is 0. The second-order valence-electron chi connectivity index (χ2n) is 4.09. The Morgan fingerprint density at radius 1 is 1.44 bits per heavy atom. The molecule has 0 saturated heterocycles. The van der Waals surface area contributed by atoms with Crippen LogP contribution < -0.4 is 5.32 Å². The smallest absolute Gasteiger partial charge is 0.255 e. The third-order valence-electron chi connectivity index (χ3n) is 2.46. The molecular weight excluding hydrogens is 248 g/mol. The fourth-order valence-electron chi connectivity index (χ4n) is 1.57. The van der Waals surface area contributed by atoms with Gasteiger partial charge in [-0.2, -0.15) is 0 Å². The zero-order chi connectivity index (χ0) is 13.1. The average molecular weight is 262 g/mol. The minimum Gasteiger partial charge on any atom is -0.507 e. The van der Waals surface area contributed by atoms with Crippen molar-refractivity contribution < 1.29 is 9.90 Å². The highest BCUT2D eigenvalue weighted by Crippen LogP contribution is 2.18. The molecule has 0 spiro atoms. The Morgan fingerprint density at radius 3 is 2.83 bits per heavy atom. The molecule has 1 aromatic carbocycles. The summed E-state index contributed by atoms with van der Waals surface area (Å²) in [6.07, 6.45) is 0. The SMILES string of the molecule is Cc1ccc(C(=O)NCc2nc(C)cs2)c(O)c1. The normalized spacial score (nSPS) is 10.3. The number of phenols is 1. The van der Waals surface area contributed by atoms with Gasteiger partial charge in [-0.25, -0.2) is 4.98 Å². The Morgan fingerprint density at radius 2 is 2.22 bits per heavy atom. The van der Waals surface area contributed by atoms with Crippen molar-refractivity contribution in [3.63, 3.8) is 0 Å². The second kappa shape index (κ2) is 5.18. The number of rotatable bonds is 3. The molecule has 1 aromatic heterocycles. The first-order valence-corrected chi connectivity index (χ1v) is 6.43. The first-order valence-electron chi connectivity index (χ1n) is 5.55. The van der Waals surface area contributed by atoms with Crippen molar-refractivity contribution in [2.24, 2.45) is 0 Å². The summed E-state index contributed by atoms with van der Waals surface area (Å²) in [5.74, 6) is -0.289. The highest BCUT2D eigenvalue weighted by Gasteiger charge is 2.11. The van der Waals surface area contributed by atoms with Crippen LogP contribution in [-0.2, 0) is 6.54 Å². The number of nitrogens with zero attached hydrogens (tertiary/aromatic N) is 1. The van der Waals surface area contributed by atoms with Crippen LogP contribution in [0.1, 0.15) is 26.6 Å². The Bertz CT molecular complexity index is 578. The fraction of sp³-hybridized carbons (Fsp3) is 0.231. The molecule has 2 N–H and O–H groups in total. The minimum atomic E-state index is -0.291. The summed E-state index contributed by atoms with van der Waals surface area (Å²) in [4.78, 5) is 16.1. The van der Waals surface area contributed by atoms with Gasteiger partial charge in [0.1, 0.15) is 10.8 Å². The number of carbonyl (C=O) groups excluding carboxylic acids is 1. The molecule has 1 heterocycles. The number of aromatic hydroxyl groups is 1. The van der Waals surface area contributed by atoms with E-state index >= 15 is 0 Å². The topological polar surface area (TPSA) is 62.2 Å². The number of hydrogen-bond acceptors (Lipinski definition) is 4. The van der Waals surface area contributed by atoms with Gasteiger partial charge >= 0.3 is 0 Å². The number of carbonyl (C=O) groups is 1. The van der Waals surface area contributed by atoms with Crippen LogP contribution in [0, 0.1) is 13.8 Å². The van der Waals surface area contributed by atoms with E-state index in [0.29, 0.717) is 6.54 Å². The molecule has 0 atom stereocenters. The standard InChI is InChI=1S/C13H14N2O2S/c1-8-3-4-10(11(16)5-8)13(17)14-6-12-15-9(2)7-18-12/h3-5,7,16H,6H2,1-2H3,(H,14,17). The summed E-state index contributed by atoms with van der Waals surface area (Å²) in [6.45, 7) is 4.15. The molecule has 0 aliphatic rings. The van der Waals surface area contributed by atoms with Gasteiger partial charge in [0.2, 0.25) is 0 Å². The van der Waals surface area contributed by atoms with Crippen LogP contribution in [0.15, 0.2) is 23.6 Å². The third-order valence-corrected chi connectivity index (χ3v) is 3.43. The molecule has 2 aromatic rings. The van der Waals surface area contributed by atoms with Gasteiger partial charge in [0.15, 0.2) is 0 Å². The Balaban J connectivity index is 2.03. The maximum absolute atomic E-state index is 11.9. The Labute approximate surface area is 109 Å². The van der Waals surface area contributed by atoms with Crippen LogP contribution in [0.3, 0.4) is 0 Å². The van der Waals surface area contributed by atoms with Crippen LogP contribution in [0.2, 0.25) is 0 Å². The van der Waals surface area contributed by atoms with E-state index in [1.165, 1.54) is 11.3 Å². The van der Waals surface area contributed by atoms with Gasteiger partial charge < -0.3 is 10.4 Å². The van der Waals surface area contributed by atoms with E-state index in [0.717, 1.165) is 16.3 Å². The number of aromatic nitrogens is 1. The molecule has 0 radical (unpaired) electrons. The fourth-order valence-corrected chi connectivity index (χ4v) is 2.28. The second-order valence-corrected chi connectivity index (χ2v) is 5.03. The van der Waals surface area contributed by atoms with E-state index in [1.54, 1.807) is 18.2 Å². The van der Waals surface area contributed by atoms with E-state index in [1.807, 2.05) is 19.2 Å². The van der Waals surface area contributed by atoms with Crippen molar-refractivity contribution in [1.82, 2.24) is 10.3 Å². The van der Waals surface area contributed by atoms with Crippen LogP contribution in [0.4, 0.5) is 0 Å². The molecule has 0 unspecified atom stereocenters. The van der Waals surface area contributed by atoms with Crippen molar-refractivity contribution in [2.45, 2.75) is 20.4 Å². The highest BCUT2D eigenvalue weighted by molar-refractivity contribution is 7.09. The molecule has 0 aliphatic heterocycles. The van der Waals surface area contributed by atoms with Crippen LogP contribution in [0.5, 0.6) is 5.75 Å². The van der Waals surface area contributed by atoms with Crippen LogP contribution >= 0.6 is 11.3 Å². The van der Waals surface area contributed by atoms with Crippen molar-refractivity contribution in [2.75, 3.05) is 0 Å². The van der Waals surface area contributed by atoms with E-state index in [-0.39, 0.29) is 17.2 Å². The lowest BCUT2D eigenvalue weighted by atomic mass is 10.1. The molecule has 0 saturated carbocycles. The molecule has 0 fully saturated rings. The number of aryl methyl sites for hydroxylation is 2. The van der Waals surface area contributed by atoms with Gasteiger partial charge in [0.25, 0.3) is 5.91 Å². The van der Waals surface area contributed by atoms with E-state index in [2.05, 4.69) is 10.3 Å². The van der Waals surface area contributed by atoms with Gasteiger partial charge in [-0.15, -0.1) is 11.3 Å². The van der Waals surface area contributed by atoms with E-state index in [4.69, 9.17) is 0 Å². The number of amides is 1. The summed E-state index contributed by atoms with van der Waals surface area (Å²) >= 11 is 1.51. The number of nitrogens with one attached hydrogen (secondary N) is 1. The molecule has 1 amide bonds. The van der Waals surface area contributed by atoms with E-state index in [9.17, 15) is 9.90 Å². The molecule has 18 heavy (non-hydrogen) atoms. The first kappa shape index (κ1) is 12.6. The maximum Gasteiger partial charge on any atom is 0.255 e.